The number of carboxylic acids is 2. The van der Waals surface area contributed by atoms with E-state index in [0.717, 1.165) is 0 Å². The lowest BCUT2D eigenvalue weighted by Crippen LogP contribution is -2.25. The van der Waals surface area contributed by atoms with Crippen LogP contribution in [0.15, 0.2) is 0 Å². The SMILES string of the molecule is O=C(O)CCC(C(=O)O)C(=O)CCl. The number of hydrogen-bond donors (Lipinski definition) is 2. The molecular formula is C7H9ClO5. The van der Waals surface area contributed by atoms with Crippen LogP contribution < -0.4 is 0 Å². The number of carbonyl (C=O) groups is 3. The van der Waals surface area contributed by atoms with Gasteiger partial charge in [-0.05, 0) is 6.42 Å². The molecule has 0 aliphatic heterocycles. The number of hydrogen-bond acceptors (Lipinski definition) is 3. The van der Waals surface area contributed by atoms with Crippen molar-refractivity contribution in [1.29, 1.82) is 0 Å². The van der Waals surface area contributed by atoms with Gasteiger partial charge in [-0.25, -0.2) is 0 Å². The van der Waals surface area contributed by atoms with E-state index in [9.17, 15) is 14.4 Å². The van der Waals surface area contributed by atoms with Crippen LogP contribution in [0.3, 0.4) is 0 Å². The standard InChI is InChI=1S/C7H9ClO5/c8-3-5(9)4(7(12)13)1-2-6(10)11/h4H,1-3H2,(H,10,11)(H,12,13). The summed E-state index contributed by atoms with van der Waals surface area (Å²) in [5.41, 5.74) is 0. The molecule has 0 saturated heterocycles. The Kier molecular flexibility index (Phi) is 5.06. The molecule has 2 N–H and O–H groups in total. The minimum absolute atomic E-state index is 0.212. The Labute approximate surface area is 79.3 Å². The van der Waals surface area contributed by atoms with Crippen LogP contribution >= 0.6 is 11.6 Å². The largest absolute Gasteiger partial charge is 0.481 e. The summed E-state index contributed by atoms with van der Waals surface area (Å²) in [4.78, 5) is 31.4. The number of alkyl halides is 1. The fourth-order valence-electron chi connectivity index (χ4n) is 0.783. The van der Waals surface area contributed by atoms with Crippen LogP contribution in [0.25, 0.3) is 0 Å². The topological polar surface area (TPSA) is 91.7 Å². The zero-order chi connectivity index (χ0) is 10.4. The lowest BCUT2D eigenvalue weighted by molar-refractivity contribution is -0.146. The molecule has 74 valence electrons. The van der Waals surface area contributed by atoms with Crippen molar-refractivity contribution in [2.75, 3.05) is 5.88 Å². The van der Waals surface area contributed by atoms with E-state index in [1.807, 2.05) is 0 Å². The third kappa shape index (κ3) is 4.47. The van der Waals surface area contributed by atoms with E-state index in [1.165, 1.54) is 0 Å². The Hall–Kier alpha value is -1.10. The molecule has 5 nitrogen and oxygen atoms in total. The van der Waals surface area contributed by atoms with Crippen molar-refractivity contribution in [3.63, 3.8) is 0 Å². The van der Waals surface area contributed by atoms with Crippen molar-refractivity contribution in [3.8, 4) is 0 Å². The molecule has 0 fully saturated rings. The number of aliphatic carboxylic acids is 2. The second-order valence-corrected chi connectivity index (χ2v) is 2.69. The smallest absolute Gasteiger partial charge is 0.314 e. The molecule has 6 heteroatoms. The maximum atomic E-state index is 10.9. The van der Waals surface area contributed by atoms with Gasteiger partial charge >= 0.3 is 11.9 Å². The molecule has 0 bridgehead atoms. The van der Waals surface area contributed by atoms with Gasteiger partial charge in [0.15, 0.2) is 5.78 Å². The molecule has 13 heavy (non-hydrogen) atoms. The zero-order valence-electron chi connectivity index (χ0n) is 6.70. The first-order valence-electron chi connectivity index (χ1n) is 3.52. The predicted octanol–water partition coefficient (Wildman–Crippen LogP) is 0.360. The van der Waals surface area contributed by atoms with Gasteiger partial charge in [0.25, 0.3) is 0 Å². The minimum Gasteiger partial charge on any atom is -0.481 e. The Bertz CT molecular complexity index is 225. The summed E-state index contributed by atoms with van der Waals surface area (Å²) >= 11 is 5.15. The van der Waals surface area contributed by atoms with Gasteiger partial charge in [0.05, 0.1) is 5.88 Å². The Morgan fingerprint density at radius 1 is 1.23 bits per heavy atom. The van der Waals surface area contributed by atoms with Gasteiger partial charge in [0.1, 0.15) is 5.92 Å². The molecule has 1 atom stereocenters. The van der Waals surface area contributed by atoms with Crippen LogP contribution in [0.1, 0.15) is 12.8 Å². The molecule has 0 aromatic heterocycles. The average molecular weight is 209 g/mol. The normalized spacial score (nSPS) is 12.1. The first-order chi connectivity index (χ1) is 5.99. The molecule has 0 spiro atoms. The Balaban J connectivity index is 4.18. The summed E-state index contributed by atoms with van der Waals surface area (Å²) in [6.07, 6.45) is -0.560. The molecule has 0 amide bonds. The number of halogens is 1. The van der Waals surface area contributed by atoms with Crippen molar-refractivity contribution in [1.82, 2.24) is 0 Å². The van der Waals surface area contributed by atoms with E-state index in [-0.39, 0.29) is 12.8 Å². The van der Waals surface area contributed by atoms with E-state index in [2.05, 4.69) is 0 Å². The third-order valence-corrected chi connectivity index (χ3v) is 1.73. The third-order valence-electron chi connectivity index (χ3n) is 1.47. The molecule has 0 heterocycles. The maximum Gasteiger partial charge on any atom is 0.314 e. The van der Waals surface area contributed by atoms with E-state index < -0.39 is 29.5 Å². The maximum absolute atomic E-state index is 10.9. The molecular weight excluding hydrogens is 200 g/mol. The van der Waals surface area contributed by atoms with Gasteiger partial charge in [-0.15, -0.1) is 11.6 Å². The van der Waals surface area contributed by atoms with Crippen LogP contribution in [-0.2, 0) is 14.4 Å². The van der Waals surface area contributed by atoms with Gasteiger partial charge in [-0.2, -0.15) is 0 Å². The molecule has 0 saturated carbocycles. The van der Waals surface area contributed by atoms with Gasteiger partial charge in [0, 0.05) is 6.42 Å². The summed E-state index contributed by atoms with van der Waals surface area (Å²) in [5, 5.41) is 16.8. The van der Waals surface area contributed by atoms with Crippen LogP contribution in [0.5, 0.6) is 0 Å². The number of ketones is 1. The molecule has 0 aromatic rings. The fourth-order valence-corrected chi connectivity index (χ4v) is 0.969. The van der Waals surface area contributed by atoms with Crippen molar-refractivity contribution in [2.24, 2.45) is 5.92 Å². The van der Waals surface area contributed by atoms with E-state index in [0.29, 0.717) is 0 Å². The highest BCUT2D eigenvalue weighted by Gasteiger charge is 2.25. The molecule has 0 radical (unpaired) electrons. The summed E-state index contributed by atoms with van der Waals surface area (Å²) in [6.45, 7) is 0. The quantitative estimate of drug-likeness (QED) is 0.486. The number of carbonyl (C=O) groups excluding carboxylic acids is 1. The summed E-state index contributed by atoms with van der Waals surface area (Å²) in [5.74, 6) is -4.82. The minimum atomic E-state index is -1.33. The van der Waals surface area contributed by atoms with Crippen LogP contribution in [0.2, 0.25) is 0 Å². The van der Waals surface area contributed by atoms with Crippen LogP contribution in [0.4, 0.5) is 0 Å². The monoisotopic (exact) mass is 208 g/mol. The molecule has 1 unspecified atom stereocenters. The van der Waals surface area contributed by atoms with Crippen molar-refractivity contribution in [3.05, 3.63) is 0 Å². The van der Waals surface area contributed by atoms with Gasteiger partial charge in [-0.3, -0.25) is 14.4 Å². The summed E-state index contributed by atoms with van der Waals surface area (Å²) < 4.78 is 0. The van der Waals surface area contributed by atoms with E-state index >= 15 is 0 Å². The predicted molar refractivity (Wildman–Crippen MR) is 43.7 cm³/mol. The zero-order valence-corrected chi connectivity index (χ0v) is 7.45. The van der Waals surface area contributed by atoms with Gasteiger partial charge < -0.3 is 10.2 Å². The molecule has 0 rings (SSSR count). The highest BCUT2D eigenvalue weighted by molar-refractivity contribution is 6.29. The van der Waals surface area contributed by atoms with Crippen molar-refractivity contribution >= 4 is 29.3 Å². The van der Waals surface area contributed by atoms with Crippen LogP contribution in [-0.4, -0.2) is 33.8 Å². The number of Topliss-reactive ketones (excluding diaryl/α,β-unsaturated/α-hetero) is 1. The first kappa shape index (κ1) is 11.9. The highest BCUT2D eigenvalue weighted by atomic mass is 35.5. The van der Waals surface area contributed by atoms with Gasteiger partial charge in [-0.1, -0.05) is 0 Å². The number of carboxylic acid groups (broad SMARTS) is 2. The second-order valence-electron chi connectivity index (χ2n) is 2.42. The van der Waals surface area contributed by atoms with E-state index in [1.54, 1.807) is 0 Å². The number of rotatable bonds is 6. The van der Waals surface area contributed by atoms with E-state index in [4.69, 9.17) is 21.8 Å². The lowest BCUT2D eigenvalue weighted by Gasteiger charge is -2.06. The molecule has 0 aromatic carbocycles. The lowest BCUT2D eigenvalue weighted by atomic mass is 9.99. The van der Waals surface area contributed by atoms with Crippen LogP contribution in [0, 0.1) is 5.92 Å². The Morgan fingerprint density at radius 3 is 2.08 bits per heavy atom. The van der Waals surface area contributed by atoms with Crippen molar-refractivity contribution in [2.45, 2.75) is 12.8 Å². The van der Waals surface area contributed by atoms with Crippen molar-refractivity contribution < 1.29 is 24.6 Å². The highest BCUT2D eigenvalue weighted by Crippen LogP contribution is 2.09. The molecule has 0 aliphatic rings. The fraction of sp³-hybridized carbons (Fsp3) is 0.571. The average Bonchev–Trinajstić information content (AvgIpc) is 2.03. The summed E-state index contributed by atoms with van der Waals surface area (Å²) in [7, 11) is 0. The molecule has 0 aliphatic carbocycles. The van der Waals surface area contributed by atoms with Gasteiger partial charge in [0.2, 0.25) is 0 Å². The Morgan fingerprint density at radius 2 is 1.77 bits per heavy atom. The first-order valence-corrected chi connectivity index (χ1v) is 4.05. The summed E-state index contributed by atoms with van der Waals surface area (Å²) in [6, 6.07) is 0. The second kappa shape index (κ2) is 5.53.